The van der Waals surface area contributed by atoms with Crippen LogP contribution in [0.3, 0.4) is 0 Å². The zero-order valence-electron chi connectivity index (χ0n) is 11.1. The summed E-state index contributed by atoms with van der Waals surface area (Å²) in [6, 6.07) is 3.88. The minimum absolute atomic E-state index is 0.226. The molecular formula is C13H20N2O3. The number of phenolic OH excluding ortho intramolecular Hbond substituents is 1. The molecule has 2 rings (SSSR count). The van der Waals surface area contributed by atoms with Gasteiger partial charge in [0.05, 0.1) is 0 Å². The van der Waals surface area contributed by atoms with Gasteiger partial charge in [0.15, 0.2) is 11.5 Å². The standard InChI is InChI=1S/C13H20N2O3/c1-9(15(2)3)6-14-7-10-4-12-13(5-11(10)16)18-8-17-12/h4-5,9,14,16H,6-8H2,1-3H3. The Morgan fingerprint density at radius 2 is 2.00 bits per heavy atom. The number of hydrogen-bond acceptors (Lipinski definition) is 5. The molecular weight excluding hydrogens is 232 g/mol. The van der Waals surface area contributed by atoms with Crippen molar-refractivity contribution >= 4 is 0 Å². The zero-order valence-corrected chi connectivity index (χ0v) is 11.1. The fourth-order valence-electron chi connectivity index (χ4n) is 1.71. The van der Waals surface area contributed by atoms with E-state index in [0.717, 1.165) is 12.1 Å². The van der Waals surface area contributed by atoms with Crippen molar-refractivity contribution in [3.63, 3.8) is 0 Å². The van der Waals surface area contributed by atoms with Crippen LogP contribution in [0.15, 0.2) is 12.1 Å². The second-order valence-electron chi connectivity index (χ2n) is 4.78. The molecule has 2 N–H and O–H groups in total. The predicted octanol–water partition coefficient (Wildman–Crippen LogP) is 1.16. The Hall–Kier alpha value is -1.46. The SMILES string of the molecule is CC(CNCc1cc2c(cc1O)OCO2)N(C)C. The van der Waals surface area contributed by atoms with Crippen LogP contribution in [-0.2, 0) is 6.54 Å². The molecule has 0 aliphatic carbocycles. The number of nitrogens with one attached hydrogen (secondary N) is 1. The van der Waals surface area contributed by atoms with E-state index in [4.69, 9.17) is 9.47 Å². The van der Waals surface area contributed by atoms with E-state index in [-0.39, 0.29) is 12.5 Å². The minimum Gasteiger partial charge on any atom is -0.507 e. The van der Waals surface area contributed by atoms with Crippen LogP contribution in [0, 0.1) is 0 Å². The van der Waals surface area contributed by atoms with Crippen molar-refractivity contribution in [3.05, 3.63) is 17.7 Å². The maximum atomic E-state index is 9.86. The Labute approximate surface area is 107 Å². The number of fused-ring (bicyclic) bond motifs is 1. The van der Waals surface area contributed by atoms with E-state index in [1.54, 1.807) is 6.07 Å². The van der Waals surface area contributed by atoms with Crippen molar-refractivity contribution in [3.8, 4) is 17.2 Å². The third-order valence-corrected chi connectivity index (χ3v) is 3.21. The average molecular weight is 252 g/mol. The number of benzene rings is 1. The van der Waals surface area contributed by atoms with Crippen LogP contribution in [0.5, 0.6) is 17.2 Å². The molecule has 1 atom stereocenters. The maximum Gasteiger partial charge on any atom is 0.231 e. The molecule has 0 aromatic heterocycles. The van der Waals surface area contributed by atoms with E-state index in [9.17, 15) is 5.11 Å². The summed E-state index contributed by atoms with van der Waals surface area (Å²) in [5, 5.41) is 13.2. The van der Waals surface area contributed by atoms with Crippen LogP contribution in [0.4, 0.5) is 0 Å². The van der Waals surface area contributed by atoms with Crippen molar-refractivity contribution < 1.29 is 14.6 Å². The van der Waals surface area contributed by atoms with E-state index in [1.807, 2.05) is 20.2 Å². The molecule has 1 unspecified atom stereocenters. The van der Waals surface area contributed by atoms with E-state index in [2.05, 4.69) is 17.1 Å². The van der Waals surface area contributed by atoms with Gasteiger partial charge in [-0.05, 0) is 27.1 Å². The molecule has 1 aliphatic rings. The fraction of sp³-hybridized carbons (Fsp3) is 0.538. The van der Waals surface area contributed by atoms with Crippen LogP contribution in [0.2, 0.25) is 0 Å². The van der Waals surface area contributed by atoms with Crippen molar-refractivity contribution in [2.45, 2.75) is 19.5 Å². The average Bonchev–Trinajstić information content (AvgIpc) is 2.75. The zero-order chi connectivity index (χ0) is 13.1. The molecule has 0 spiro atoms. The van der Waals surface area contributed by atoms with Crippen LogP contribution in [0.25, 0.3) is 0 Å². The quantitative estimate of drug-likeness (QED) is 0.823. The van der Waals surface area contributed by atoms with Gasteiger partial charge in [-0.25, -0.2) is 0 Å². The second kappa shape index (κ2) is 5.46. The molecule has 100 valence electrons. The molecule has 0 bridgehead atoms. The first-order valence-electron chi connectivity index (χ1n) is 6.06. The summed E-state index contributed by atoms with van der Waals surface area (Å²) >= 11 is 0. The minimum atomic E-state index is 0.226. The van der Waals surface area contributed by atoms with Gasteiger partial charge in [0, 0.05) is 30.8 Å². The first kappa shape index (κ1) is 13.0. The second-order valence-corrected chi connectivity index (χ2v) is 4.78. The molecule has 1 heterocycles. The molecule has 5 nitrogen and oxygen atoms in total. The summed E-state index contributed by atoms with van der Waals surface area (Å²) in [5.41, 5.74) is 0.824. The predicted molar refractivity (Wildman–Crippen MR) is 69.1 cm³/mol. The number of rotatable bonds is 5. The highest BCUT2D eigenvalue weighted by Crippen LogP contribution is 2.37. The summed E-state index contributed by atoms with van der Waals surface area (Å²) < 4.78 is 10.5. The number of ether oxygens (including phenoxy) is 2. The number of nitrogens with zero attached hydrogens (tertiary/aromatic N) is 1. The summed E-state index contributed by atoms with van der Waals surface area (Å²) in [5.74, 6) is 1.55. The van der Waals surface area contributed by atoms with Gasteiger partial charge in [-0.1, -0.05) is 0 Å². The largest absolute Gasteiger partial charge is 0.507 e. The van der Waals surface area contributed by atoms with Crippen molar-refractivity contribution in [2.75, 3.05) is 27.4 Å². The highest BCUT2D eigenvalue weighted by Gasteiger charge is 2.16. The van der Waals surface area contributed by atoms with Gasteiger partial charge in [0.25, 0.3) is 0 Å². The Balaban J connectivity index is 1.94. The van der Waals surface area contributed by atoms with Crippen LogP contribution >= 0.6 is 0 Å². The maximum absolute atomic E-state index is 9.86. The fourth-order valence-corrected chi connectivity index (χ4v) is 1.71. The Morgan fingerprint density at radius 3 is 2.67 bits per heavy atom. The number of aromatic hydroxyl groups is 1. The molecule has 0 radical (unpaired) electrons. The van der Waals surface area contributed by atoms with Crippen LogP contribution in [0.1, 0.15) is 12.5 Å². The lowest BCUT2D eigenvalue weighted by atomic mass is 10.1. The Kier molecular flexibility index (Phi) is 3.93. The van der Waals surface area contributed by atoms with E-state index < -0.39 is 0 Å². The first-order valence-corrected chi connectivity index (χ1v) is 6.06. The molecule has 5 heteroatoms. The van der Waals surface area contributed by atoms with E-state index in [1.165, 1.54) is 0 Å². The highest BCUT2D eigenvalue weighted by atomic mass is 16.7. The molecule has 0 fully saturated rings. The van der Waals surface area contributed by atoms with Gasteiger partial charge < -0.3 is 24.8 Å². The van der Waals surface area contributed by atoms with Gasteiger partial charge in [-0.15, -0.1) is 0 Å². The summed E-state index contributed by atoms with van der Waals surface area (Å²) in [6.45, 7) is 3.84. The lowest BCUT2D eigenvalue weighted by Gasteiger charge is -2.20. The van der Waals surface area contributed by atoms with E-state index >= 15 is 0 Å². The molecule has 0 saturated heterocycles. The third kappa shape index (κ3) is 2.86. The molecule has 1 aliphatic heterocycles. The molecule has 18 heavy (non-hydrogen) atoms. The van der Waals surface area contributed by atoms with Gasteiger partial charge >= 0.3 is 0 Å². The normalized spacial score (nSPS) is 15.1. The van der Waals surface area contributed by atoms with Gasteiger partial charge in [0.2, 0.25) is 6.79 Å². The monoisotopic (exact) mass is 252 g/mol. The van der Waals surface area contributed by atoms with Gasteiger partial charge in [-0.2, -0.15) is 0 Å². The molecule has 0 saturated carbocycles. The molecule has 0 amide bonds. The summed E-state index contributed by atoms with van der Waals surface area (Å²) in [4.78, 5) is 2.15. The van der Waals surface area contributed by atoms with Gasteiger partial charge in [-0.3, -0.25) is 0 Å². The first-order chi connectivity index (χ1) is 8.58. The lowest BCUT2D eigenvalue weighted by Crippen LogP contribution is -2.35. The van der Waals surface area contributed by atoms with Crippen molar-refractivity contribution in [1.29, 1.82) is 0 Å². The summed E-state index contributed by atoms with van der Waals surface area (Å²) in [7, 11) is 4.09. The van der Waals surface area contributed by atoms with Crippen LogP contribution < -0.4 is 14.8 Å². The summed E-state index contributed by atoms with van der Waals surface area (Å²) in [6.07, 6.45) is 0. The number of phenols is 1. The smallest absolute Gasteiger partial charge is 0.231 e. The highest BCUT2D eigenvalue weighted by molar-refractivity contribution is 5.51. The lowest BCUT2D eigenvalue weighted by molar-refractivity contribution is 0.174. The molecule has 1 aromatic carbocycles. The Bertz CT molecular complexity index is 421. The number of likely N-dealkylation sites (N-methyl/N-ethyl adjacent to an activating group) is 1. The number of hydrogen-bond donors (Lipinski definition) is 2. The molecule has 1 aromatic rings. The third-order valence-electron chi connectivity index (χ3n) is 3.21. The van der Waals surface area contributed by atoms with Crippen molar-refractivity contribution in [2.24, 2.45) is 0 Å². The topological polar surface area (TPSA) is 54.0 Å². The van der Waals surface area contributed by atoms with Gasteiger partial charge in [0.1, 0.15) is 5.75 Å². The Morgan fingerprint density at radius 1 is 1.33 bits per heavy atom. The van der Waals surface area contributed by atoms with Crippen molar-refractivity contribution in [1.82, 2.24) is 10.2 Å². The van der Waals surface area contributed by atoms with E-state index in [0.29, 0.717) is 24.1 Å². The van der Waals surface area contributed by atoms with Crippen LogP contribution in [-0.4, -0.2) is 43.5 Å².